The number of pyridine rings is 1. The minimum Gasteiger partial charge on any atom is -0.351 e. The molecule has 212 valence electrons. The van der Waals surface area contributed by atoms with E-state index in [2.05, 4.69) is 10.3 Å². The van der Waals surface area contributed by atoms with Gasteiger partial charge in [0.15, 0.2) is 6.04 Å². The summed E-state index contributed by atoms with van der Waals surface area (Å²) in [6.45, 7) is 0. The lowest BCUT2D eigenvalue weighted by Crippen LogP contribution is -2.59. The first kappa shape index (κ1) is 28.4. The Hall–Kier alpha value is -4.18. The number of hydrogen-bond donors (Lipinski definition) is 2. The molecule has 1 aliphatic carbocycles. The Bertz CT molecular complexity index is 1490. The summed E-state index contributed by atoms with van der Waals surface area (Å²) < 4.78 is 41.7. The molecular formula is C28H24ClF3N6O3. The standard InChI is InChI=1S/C28H24ClF3N6O3/c29-22-7-2-1-6-21(22)26(27(40)35-19-13-28(31,32)14-19)37(20-5-3-4-18(30)12-20)38(41)24-10-11-25(39)36(24)23-9-8-17(15-33)16-34-23/h1-9,12,16,19,24,26,41H,10-11,13-14H2,(H,35,40)/t24-,26+/m1/s1. The number of rotatable bonds is 8. The molecule has 2 aliphatic rings. The molecule has 1 aliphatic heterocycles. The van der Waals surface area contributed by atoms with Crippen molar-refractivity contribution in [3.63, 3.8) is 0 Å². The molecule has 2 amide bonds. The lowest BCUT2D eigenvalue weighted by Gasteiger charge is -2.43. The van der Waals surface area contributed by atoms with E-state index in [0.717, 1.165) is 11.1 Å². The number of halogens is 4. The zero-order chi connectivity index (χ0) is 29.3. The zero-order valence-electron chi connectivity index (χ0n) is 21.4. The molecule has 2 aromatic carbocycles. The Labute approximate surface area is 238 Å². The molecule has 1 saturated heterocycles. The average molecular weight is 585 g/mol. The van der Waals surface area contributed by atoms with Crippen molar-refractivity contribution < 1.29 is 28.0 Å². The van der Waals surface area contributed by atoms with Crippen LogP contribution >= 0.6 is 11.6 Å². The fraction of sp³-hybridized carbons (Fsp3) is 0.286. The van der Waals surface area contributed by atoms with Crippen LogP contribution in [-0.4, -0.2) is 45.3 Å². The number of hydrazine groups is 1. The van der Waals surface area contributed by atoms with Crippen LogP contribution in [0.1, 0.15) is 42.9 Å². The summed E-state index contributed by atoms with van der Waals surface area (Å²) in [5.41, 5.74) is 0.489. The van der Waals surface area contributed by atoms with E-state index in [0.29, 0.717) is 5.17 Å². The number of hydroxylamine groups is 1. The van der Waals surface area contributed by atoms with Crippen molar-refractivity contribution in [2.75, 3.05) is 9.91 Å². The van der Waals surface area contributed by atoms with Crippen molar-refractivity contribution in [1.82, 2.24) is 15.5 Å². The number of amides is 2. The molecule has 0 radical (unpaired) electrons. The fourth-order valence-corrected chi connectivity index (χ4v) is 5.27. The van der Waals surface area contributed by atoms with Crippen molar-refractivity contribution in [2.45, 2.75) is 49.9 Å². The van der Waals surface area contributed by atoms with Crippen LogP contribution in [0.3, 0.4) is 0 Å². The summed E-state index contributed by atoms with van der Waals surface area (Å²) in [7, 11) is 0. The van der Waals surface area contributed by atoms with Crippen molar-refractivity contribution in [1.29, 1.82) is 5.26 Å². The summed E-state index contributed by atoms with van der Waals surface area (Å²) in [5, 5.41) is 25.4. The number of hydrogen-bond acceptors (Lipinski definition) is 7. The molecule has 2 atom stereocenters. The fourth-order valence-electron chi connectivity index (χ4n) is 5.03. The largest absolute Gasteiger partial charge is 0.351 e. The third-order valence-electron chi connectivity index (χ3n) is 7.00. The number of carbonyl (C=O) groups is 2. The predicted octanol–water partition coefficient (Wildman–Crippen LogP) is 4.97. The monoisotopic (exact) mass is 584 g/mol. The second kappa shape index (κ2) is 11.4. The molecule has 0 unspecified atom stereocenters. The van der Waals surface area contributed by atoms with Crippen LogP contribution < -0.4 is 15.2 Å². The Morgan fingerprint density at radius 2 is 1.95 bits per heavy atom. The maximum atomic E-state index is 14.5. The number of nitrogens with one attached hydrogen (secondary N) is 1. The van der Waals surface area contributed by atoms with Crippen LogP contribution in [0.2, 0.25) is 5.02 Å². The minimum atomic E-state index is -2.90. The molecule has 0 spiro atoms. The molecule has 2 fully saturated rings. The number of nitriles is 1. The average Bonchev–Trinajstić information content (AvgIpc) is 3.32. The van der Waals surface area contributed by atoms with Crippen molar-refractivity contribution in [3.05, 3.63) is 88.8 Å². The van der Waals surface area contributed by atoms with Crippen LogP contribution in [-0.2, 0) is 9.59 Å². The number of aromatic nitrogens is 1. The maximum Gasteiger partial charge on any atom is 0.252 e. The third-order valence-corrected chi connectivity index (χ3v) is 7.34. The first-order valence-corrected chi connectivity index (χ1v) is 13.1. The number of benzene rings is 2. The SMILES string of the molecule is N#Cc1ccc(N2C(=O)CC[C@H]2N(O)N(c2cccc(F)c2)[C@H](C(=O)NC2CC(F)(F)C2)c2ccccc2Cl)nc1. The van der Waals surface area contributed by atoms with Gasteiger partial charge in [0.1, 0.15) is 23.9 Å². The van der Waals surface area contributed by atoms with E-state index < -0.39 is 48.7 Å². The lowest BCUT2D eigenvalue weighted by atomic mass is 9.88. The van der Waals surface area contributed by atoms with Gasteiger partial charge < -0.3 is 5.32 Å². The van der Waals surface area contributed by atoms with Crippen LogP contribution in [0.25, 0.3) is 0 Å². The highest BCUT2D eigenvalue weighted by Gasteiger charge is 2.48. The summed E-state index contributed by atoms with van der Waals surface area (Å²) >= 11 is 6.49. The quantitative estimate of drug-likeness (QED) is 0.360. The first-order valence-electron chi connectivity index (χ1n) is 12.7. The second-order valence-corrected chi connectivity index (χ2v) is 10.2. The highest BCUT2D eigenvalue weighted by atomic mass is 35.5. The molecule has 3 aromatic rings. The van der Waals surface area contributed by atoms with Gasteiger partial charge in [0.05, 0.1) is 11.3 Å². The van der Waals surface area contributed by atoms with Crippen molar-refractivity contribution in [3.8, 4) is 6.07 Å². The van der Waals surface area contributed by atoms with Crippen LogP contribution in [0.4, 0.5) is 24.7 Å². The van der Waals surface area contributed by atoms with E-state index in [-0.39, 0.29) is 46.4 Å². The molecule has 2 heterocycles. The van der Waals surface area contributed by atoms with Gasteiger partial charge in [-0.3, -0.25) is 24.7 Å². The van der Waals surface area contributed by atoms with Crippen LogP contribution in [0, 0.1) is 17.1 Å². The molecular weight excluding hydrogens is 561 g/mol. The summed E-state index contributed by atoms with van der Waals surface area (Å²) in [5.74, 6) is -4.59. The van der Waals surface area contributed by atoms with Crippen molar-refractivity contribution in [2.24, 2.45) is 0 Å². The summed E-state index contributed by atoms with van der Waals surface area (Å²) in [6, 6.07) is 13.9. The van der Waals surface area contributed by atoms with Crippen molar-refractivity contribution >= 4 is 34.9 Å². The number of anilines is 2. The molecule has 2 N–H and O–H groups in total. The second-order valence-electron chi connectivity index (χ2n) is 9.84. The van der Waals surface area contributed by atoms with Gasteiger partial charge in [-0.15, -0.1) is 0 Å². The summed E-state index contributed by atoms with van der Waals surface area (Å²) in [4.78, 5) is 32.2. The van der Waals surface area contributed by atoms with Gasteiger partial charge in [0, 0.05) is 42.1 Å². The highest BCUT2D eigenvalue weighted by molar-refractivity contribution is 6.31. The molecule has 5 rings (SSSR count). The molecule has 41 heavy (non-hydrogen) atoms. The van der Waals surface area contributed by atoms with Gasteiger partial charge in [-0.25, -0.2) is 18.2 Å². The molecule has 13 heteroatoms. The number of carbonyl (C=O) groups excluding carboxylic acids is 2. The number of nitrogens with zero attached hydrogens (tertiary/aromatic N) is 5. The van der Waals surface area contributed by atoms with E-state index in [1.807, 2.05) is 6.07 Å². The molecule has 1 aromatic heterocycles. The van der Waals surface area contributed by atoms with E-state index in [9.17, 15) is 28.0 Å². The van der Waals surface area contributed by atoms with E-state index in [4.69, 9.17) is 16.9 Å². The number of alkyl halides is 2. The van der Waals surface area contributed by atoms with E-state index in [1.54, 1.807) is 12.1 Å². The zero-order valence-corrected chi connectivity index (χ0v) is 22.2. The first-order chi connectivity index (χ1) is 19.6. The molecule has 0 bridgehead atoms. The van der Waals surface area contributed by atoms with Gasteiger partial charge in [0.25, 0.3) is 5.92 Å². The Balaban J connectivity index is 1.59. The van der Waals surface area contributed by atoms with Crippen LogP contribution in [0.5, 0.6) is 0 Å². The Morgan fingerprint density at radius 1 is 1.20 bits per heavy atom. The van der Waals surface area contributed by atoms with Gasteiger partial charge in [0.2, 0.25) is 11.8 Å². The topological polar surface area (TPSA) is 113 Å². The predicted molar refractivity (Wildman–Crippen MR) is 142 cm³/mol. The van der Waals surface area contributed by atoms with Gasteiger partial charge in [-0.2, -0.15) is 5.26 Å². The Kier molecular flexibility index (Phi) is 7.86. The summed E-state index contributed by atoms with van der Waals surface area (Å²) in [6.07, 6.45) is -0.831. The van der Waals surface area contributed by atoms with Gasteiger partial charge in [-0.1, -0.05) is 41.0 Å². The van der Waals surface area contributed by atoms with Gasteiger partial charge in [-0.05, 0) is 42.8 Å². The van der Waals surface area contributed by atoms with Gasteiger partial charge >= 0.3 is 0 Å². The van der Waals surface area contributed by atoms with E-state index in [1.165, 1.54) is 53.6 Å². The minimum absolute atomic E-state index is 0.0144. The molecule has 9 nitrogen and oxygen atoms in total. The highest BCUT2D eigenvalue weighted by Crippen LogP contribution is 2.40. The molecule has 1 saturated carbocycles. The smallest absolute Gasteiger partial charge is 0.252 e. The van der Waals surface area contributed by atoms with Crippen LogP contribution in [0.15, 0.2) is 66.9 Å². The maximum absolute atomic E-state index is 14.5. The Morgan fingerprint density at radius 3 is 2.59 bits per heavy atom. The normalized spacial score (nSPS) is 19.0. The van der Waals surface area contributed by atoms with E-state index >= 15 is 0 Å². The third kappa shape index (κ3) is 5.83. The lowest BCUT2D eigenvalue weighted by molar-refractivity contribution is -0.153.